The Labute approximate surface area is 84.2 Å². The lowest BCUT2D eigenvalue weighted by atomic mass is 9.71. The number of primary amides is 1. The molecule has 14 heavy (non-hydrogen) atoms. The third-order valence-corrected chi connectivity index (χ3v) is 3.02. The largest absolute Gasteiger partial charge is 0.370 e. The van der Waals surface area contributed by atoms with Gasteiger partial charge in [0.05, 0.1) is 0 Å². The lowest BCUT2D eigenvalue weighted by Crippen LogP contribution is -2.39. The number of rotatable bonds is 5. The summed E-state index contributed by atoms with van der Waals surface area (Å²) in [5.74, 6) is -0.264. The molecule has 1 aliphatic carbocycles. The molecular weight excluding hydrogens is 180 g/mol. The molecule has 1 aliphatic rings. The Balaban J connectivity index is 2.56. The van der Waals surface area contributed by atoms with Crippen molar-refractivity contribution in [3.63, 3.8) is 0 Å². The van der Waals surface area contributed by atoms with Gasteiger partial charge in [-0.2, -0.15) is 0 Å². The van der Waals surface area contributed by atoms with Gasteiger partial charge in [-0.1, -0.05) is 19.3 Å². The molecular formula is C10H18N2O2. The third kappa shape index (κ3) is 3.01. The first-order valence-corrected chi connectivity index (χ1v) is 5.14. The molecule has 1 fully saturated rings. The van der Waals surface area contributed by atoms with Gasteiger partial charge in [-0.3, -0.25) is 9.59 Å². The van der Waals surface area contributed by atoms with Gasteiger partial charge >= 0.3 is 0 Å². The van der Waals surface area contributed by atoms with Gasteiger partial charge in [-0.25, -0.2) is 0 Å². The highest BCUT2D eigenvalue weighted by Gasteiger charge is 2.33. The van der Waals surface area contributed by atoms with Crippen LogP contribution in [-0.2, 0) is 9.59 Å². The van der Waals surface area contributed by atoms with Crippen LogP contribution in [0.15, 0.2) is 0 Å². The quantitative estimate of drug-likeness (QED) is 0.633. The maximum absolute atomic E-state index is 10.9. The Morgan fingerprint density at radius 3 is 2.50 bits per heavy atom. The number of carbonyl (C=O) groups excluding carboxylic acids is 2. The summed E-state index contributed by atoms with van der Waals surface area (Å²) in [4.78, 5) is 21.2. The number of carbonyl (C=O) groups is 2. The van der Waals surface area contributed by atoms with E-state index in [0.717, 1.165) is 25.7 Å². The lowest BCUT2D eigenvalue weighted by molar-refractivity contribution is -0.121. The summed E-state index contributed by atoms with van der Waals surface area (Å²) in [6.45, 7) is 0.583. The van der Waals surface area contributed by atoms with E-state index in [2.05, 4.69) is 5.32 Å². The molecule has 80 valence electrons. The van der Waals surface area contributed by atoms with E-state index in [-0.39, 0.29) is 11.3 Å². The van der Waals surface area contributed by atoms with Crippen LogP contribution in [0.25, 0.3) is 0 Å². The molecule has 3 N–H and O–H groups in total. The summed E-state index contributed by atoms with van der Waals surface area (Å²) in [6, 6.07) is 0. The standard InChI is InChI=1S/C10H18N2O2/c11-9(14)6-10(7-12-8-13)4-2-1-3-5-10/h8H,1-7H2,(H2,11,14)(H,12,13). The third-order valence-electron chi connectivity index (χ3n) is 3.02. The summed E-state index contributed by atoms with van der Waals surface area (Å²) in [5, 5.41) is 2.68. The average Bonchev–Trinajstić information content (AvgIpc) is 2.15. The zero-order valence-electron chi connectivity index (χ0n) is 8.42. The second-order valence-corrected chi connectivity index (χ2v) is 4.20. The lowest BCUT2D eigenvalue weighted by Gasteiger charge is -2.36. The van der Waals surface area contributed by atoms with Crippen molar-refractivity contribution >= 4 is 12.3 Å². The molecule has 0 unspecified atom stereocenters. The van der Waals surface area contributed by atoms with Gasteiger partial charge in [0, 0.05) is 13.0 Å². The molecule has 0 radical (unpaired) electrons. The molecule has 4 nitrogen and oxygen atoms in total. The molecule has 0 spiro atoms. The molecule has 1 rings (SSSR count). The Bertz CT molecular complexity index is 210. The van der Waals surface area contributed by atoms with Crippen LogP contribution in [0.4, 0.5) is 0 Å². The normalized spacial score (nSPS) is 20.0. The van der Waals surface area contributed by atoms with Crippen molar-refractivity contribution in [2.75, 3.05) is 6.54 Å². The molecule has 0 aromatic heterocycles. The fraction of sp³-hybridized carbons (Fsp3) is 0.800. The fourth-order valence-corrected chi connectivity index (χ4v) is 2.35. The van der Waals surface area contributed by atoms with Crippen molar-refractivity contribution in [3.8, 4) is 0 Å². The van der Waals surface area contributed by atoms with E-state index >= 15 is 0 Å². The van der Waals surface area contributed by atoms with E-state index in [9.17, 15) is 9.59 Å². The molecule has 0 atom stereocenters. The van der Waals surface area contributed by atoms with Crippen molar-refractivity contribution in [3.05, 3.63) is 0 Å². The van der Waals surface area contributed by atoms with Crippen LogP contribution in [0.2, 0.25) is 0 Å². The number of nitrogens with two attached hydrogens (primary N) is 1. The monoisotopic (exact) mass is 198 g/mol. The predicted octanol–water partition coefficient (Wildman–Crippen LogP) is 0.558. The topological polar surface area (TPSA) is 72.2 Å². The van der Waals surface area contributed by atoms with Crippen LogP contribution >= 0.6 is 0 Å². The second-order valence-electron chi connectivity index (χ2n) is 4.20. The van der Waals surface area contributed by atoms with Crippen molar-refractivity contribution in [1.29, 1.82) is 0 Å². The van der Waals surface area contributed by atoms with E-state index in [0.29, 0.717) is 19.4 Å². The minimum Gasteiger partial charge on any atom is -0.370 e. The summed E-state index contributed by atoms with van der Waals surface area (Å²) in [5.41, 5.74) is 5.16. The highest BCUT2D eigenvalue weighted by molar-refractivity contribution is 5.74. The predicted molar refractivity (Wildman–Crippen MR) is 53.4 cm³/mol. The van der Waals surface area contributed by atoms with Gasteiger partial charge < -0.3 is 11.1 Å². The highest BCUT2D eigenvalue weighted by Crippen LogP contribution is 2.38. The van der Waals surface area contributed by atoms with Gasteiger partial charge in [-0.05, 0) is 18.3 Å². The molecule has 0 heterocycles. The Morgan fingerprint density at radius 2 is 2.00 bits per heavy atom. The summed E-state index contributed by atoms with van der Waals surface area (Å²) in [6.07, 6.45) is 6.57. The number of nitrogens with one attached hydrogen (secondary N) is 1. The van der Waals surface area contributed by atoms with Crippen molar-refractivity contribution in [2.45, 2.75) is 38.5 Å². The maximum Gasteiger partial charge on any atom is 0.218 e. The molecule has 0 saturated heterocycles. The first kappa shape index (κ1) is 11.0. The SMILES string of the molecule is NC(=O)CC1(CNC=O)CCCCC1. The van der Waals surface area contributed by atoms with Crippen molar-refractivity contribution in [2.24, 2.45) is 11.1 Å². The Hall–Kier alpha value is -1.06. The zero-order chi connectivity index (χ0) is 10.4. The van der Waals surface area contributed by atoms with E-state index in [1.165, 1.54) is 6.42 Å². The van der Waals surface area contributed by atoms with Crippen LogP contribution in [0, 0.1) is 5.41 Å². The molecule has 4 heteroatoms. The van der Waals surface area contributed by atoms with E-state index < -0.39 is 0 Å². The smallest absolute Gasteiger partial charge is 0.218 e. The van der Waals surface area contributed by atoms with Crippen LogP contribution in [0.1, 0.15) is 38.5 Å². The van der Waals surface area contributed by atoms with Crippen LogP contribution in [-0.4, -0.2) is 18.9 Å². The number of amides is 2. The maximum atomic E-state index is 10.9. The van der Waals surface area contributed by atoms with E-state index in [4.69, 9.17) is 5.73 Å². The minimum atomic E-state index is -0.264. The summed E-state index contributed by atoms with van der Waals surface area (Å²) < 4.78 is 0. The second kappa shape index (κ2) is 4.98. The minimum absolute atomic E-state index is 0.0645. The summed E-state index contributed by atoms with van der Waals surface area (Å²) in [7, 11) is 0. The first-order chi connectivity index (χ1) is 6.68. The molecule has 0 aromatic carbocycles. The molecule has 1 saturated carbocycles. The van der Waals surface area contributed by atoms with E-state index in [1.807, 2.05) is 0 Å². The van der Waals surface area contributed by atoms with Crippen molar-refractivity contribution < 1.29 is 9.59 Å². The van der Waals surface area contributed by atoms with Crippen molar-refractivity contribution in [1.82, 2.24) is 5.32 Å². The van der Waals surface area contributed by atoms with Gasteiger partial charge in [-0.15, -0.1) is 0 Å². The Morgan fingerprint density at radius 1 is 1.36 bits per heavy atom. The molecule has 0 aromatic rings. The summed E-state index contributed by atoms with van der Waals surface area (Å²) >= 11 is 0. The van der Waals surface area contributed by atoms with Gasteiger partial charge in [0.15, 0.2) is 0 Å². The van der Waals surface area contributed by atoms with Crippen LogP contribution in [0.3, 0.4) is 0 Å². The number of hydrogen-bond donors (Lipinski definition) is 2. The van der Waals surface area contributed by atoms with Gasteiger partial charge in [0.1, 0.15) is 0 Å². The van der Waals surface area contributed by atoms with Gasteiger partial charge in [0.2, 0.25) is 12.3 Å². The van der Waals surface area contributed by atoms with E-state index in [1.54, 1.807) is 0 Å². The number of hydrogen-bond acceptors (Lipinski definition) is 2. The highest BCUT2D eigenvalue weighted by atomic mass is 16.1. The Kier molecular flexibility index (Phi) is 3.92. The fourth-order valence-electron chi connectivity index (χ4n) is 2.35. The van der Waals surface area contributed by atoms with Crippen LogP contribution in [0.5, 0.6) is 0 Å². The average molecular weight is 198 g/mol. The van der Waals surface area contributed by atoms with Gasteiger partial charge in [0.25, 0.3) is 0 Å². The zero-order valence-corrected chi connectivity index (χ0v) is 8.42. The molecule has 0 aliphatic heterocycles. The molecule has 0 bridgehead atoms. The molecule has 2 amide bonds. The first-order valence-electron chi connectivity index (χ1n) is 5.14. The van der Waals surface area contributed by atoms with Crippen LogP contribution < -0.4 is 11.1 Å².